The van der Waals surface area contributed by atoms with Crippen molar-refractivity contribution < 1.29 is 87.0 Å². The van der Waals surface area contributed by atoms with Crippen molar-refractivity contribution in [2.75, 3.05) is 0 Å². The van der Waals surface area contributed by atoms with E-state index in [9.17, 15) is 26.3 Å². The molecule has 2 aromatic rings. The van der Waals surface area contributed by atoms with E-state index in [2.05, 4.69) is 74.5 Å². The van der Waals surface area contributed by atoms with Crippen LogP contribution < -0.4 is 0 Å². The van der Waals surface area contributed by atoms with Crippen molar-refractivity contribution in [2.24, 2.45) is 0 Å². The van der Waals surface area contributed by atoms with Crippen LogP contribution in [0.3, 0.4) is 0 Å². The predicted octanol–water partition coefficient (Wildman–Crippen LogP) is 6.54. The molecule has 0 amide bonds. The van der Waals surface area contributed by atoms with E-state index in [0.29, 0.717) is 0 Å². The summed E-state index contributed by atoms with van der Waals surface area (Å²) in [7, 11) is 0. The quantitative estimate of drug-likeness (QED) is 0.284. The van der Waals surface area contributed by atoms with Crippen LogP contribution in [0.5, 0.6) is 0 Å². The summed E-state index contributed by atoms with van der Waals surface area (Å²) in [6.45, 7) is 4.40. The topological polar surface area (TPSA) is 74.6 Å². The van der Waals surface area contributed by atoms with E-state index in [1.54, 1.807) is 0 Å². The molecule has 0 aliphatic rings. The zero-order chi connectivity index (χ0) is 25.2. The van der Waals surface area contributed by atoms with Crippen LogP contribution in [0.2, 0.25) is 0 Å². The van der Waals surface area contributed by atoms with Crippen molar-refractivity contribution in [1.82, 2.24) is 0 Å². The summed E-state index contributed by atoms with van der Waals surface area (Å²) in [6.07, 6.45) is -5.27. The van der Waals surface area contributed by atoms with E-state index in [1.807, 2.05) is 0 Å². The van der Waals surface area contributed by atoms with Gasteiger partial charge in [-0.05, 0) is 24.0 Å². The van der Waals surface area contributed by atoms with Crippen LogP contribution in [0.25, 0.3) is 0 Å². The van der Waals surface area contributed by atoms with Crippen molar-refractivity contribution >= 4 is 11.9 Å². The molecule has 0 atom stereocenters. The van der Waals surface area contributed by atoms with Crippen LogP contribution >= 0.6 is 0 Å². The van der Waals surface area contributed by atoms with Gasteiger partial charge in [0.1, 0.15) is 0 Å². The van der Waals surface area contributed by atoms with Crippen LogP contribution in [-0.2, 0) is 63.3 Å². The van der Waals surface area contributed by atoms with Gasteiger partial charge < -0.3 is 10.2 Å². The Kier molecular flexibility index (Phi) is 25.3. The number of carboxylic acids is 2. The van der Waals surface area contributed by atoms with Gasteiger partial charge in [0.2, 0.25) is 0 Å². The number of hydrogen-bond donors (Lipinski definition) is 2. The van der Waals surface area contributed by atoms with Crippen molar-refractivity contribution in [1.29, 1.82) is 0 Å². The summed E-state index contributed by atoms with van der Waals surface area (Å²) in [6, 6.07) is 21.1. The maximum Gasteiger partial charge on any atom is 0.490 e. The number of halogens is 6. The van der Waals surface area contributed by atoms with Gasteiger partial charge >= 0.3 is 24.3 Å². The molecule has 0 aliphatic heterocycles. The molecular weight excluding hydrogens is 655 g/mol. The molecule has 0 aromatic heterocycles. The standard InChI is InChI=1S/2C9H12.2C2HF3O2.2Pd/c2*1-2-6-9-7-4-3-5-8-9;2*3-2(4,5)1(6)7;;/h2*3-5,7-8H,2,6H2,1H3;2*(H,6,7);;. The summed E-state index contributed by atoms with van der Waals surface area (Å²) in [4.78, 5) is 17.8. The third-order valence-corrected chi connectivity index (χ3v) is 3.25. The van der Waals surface area contributed by atoms with Gasteiger partial charge in [0.05, 0.1) is 0 Å². The number of hydrogen-bond acceptors (Lipinski definition) is 2. The zero-order valence-electron chi connectivity index (χ0n) is 18.2. The minimum atomic E-state index is -5.08. The van der Waals surface area contributed by atoms with Crippen molar-refractivity contribution in [3.8, 4) is 0 Å². The van der Waals surface area contributed by atoms with E-state index in [4.69, 9.17) is 19.8 Å². The maximum absolute atomic E-state index is 10.6. The molecule has 0 spiro atoms. The summed E-state index contributed by atoms with van der Waals surface area (Å²) in [5.41, 5.74) is 2.89. The number of benzene rings is 2. The Balaban J connectivity index is -0.000000175. The SMILES string of the molecule is CCCc1ccccc1.CCCc1ccccc1.O=C(O)C(F)(F)F.O=C(O)C(F)(F)F.[Pd].[Pd]. The molecule has 0 saturated carbocycles. The smallest absolute Gasteiger partial charge is 0.475 e. The molecule has 0 fully saturated rings. The molecule has 0 unspecified atom stereocenters. The van der Waals surface area contributed by atoms with Crippen LogP contribution in [0.1, 0.15) is 37.8 Å². The van der Waals surface area contributed by atoms with E-state index in [1.165, 1.54) is 36.8 Å². The fraction of sp³-hybridized carbons (Fsp3) is 0.364. The first-order chi connectivity index (χ1) is 14.8. The number of alkyl halides is 6. The first kappa shape index (κ1) is 39.5. The van der Waals surface area contributed by atoms with Crippen LogP contribution in [0.15, 0.2) is 60.7 Å². The molecule has 12 heteroatoms. The number of aryl methyl sites for hydroxylation is 2. The molecule has 0 radical (unpaired) electrons. The Bertz CT molecular complexity index is 690. The molecule has 2 aromatic carbocycles. The number of carboxylic acid groups (broad SMARTS) is 2. The van der Waals surface area contributed by atoms with Crippen LogP contribution in [-0.4, -0.2) is 34.5 Å². The summed E-state index contributed by atoms with van der Waals surface area (Å²) < 4.78 is 63.5. The maximum atomic E-state index is 10.6. The molecule has 0 aliphatic carbocycles. The van der Waals surface area contributed by atoms with E-state index in [-0.39, 0.29) is 40.8 Å². The fourth-order valence-corrected chi connectivity index (χ4v) is 1.87. The van der Waals surface area contributed by atoms with Crippen molar-refractivity contribution in [3.05, 3.63) is 71.8 Å². The summed E-state index contributed by atoms with van der Waals surface area (Å²) >= 11 is 0. The largest absolute Gasteiger partial charge is 0.490 e. The minimum Gasteiger partial charge on any atom is -0.475 e. The Morgan fingerprint density at radius 1 is 0.618 bits per heavy atom. The van der Waals surface area contributed by atoms with E-state index < -0.39 is 24.3 Å². The van der Waals surface area contributed by atoms with Crippen LogP contribution in [0.4, 0.5) is 26.3 Å². The first-order valence-electron chi connectivity index (χ1n) is 9.43. The van der Waals surface area contributed by atoms with Crippen LogP contribution in [0, 0.1) is 0 Å². The van der Waals surface area contributed by atoms with E-state index >= 15 is 0 Å². The Morgan fingerprint density at radius 3 is 0.971 bits per heavy atom. The van der Waals surface area contributed by atoms with Gasteiger partial charge in [0, 0.05) is 40.8 Å². The Hall–Kier alpha value is -1.72. The zero-order valence-corrected chi connectivity index (χ0v) is 21.3. The first-order valence-corrected chi connectivity index (χ1v) is 9.43. The monoisotopic (exact) mass is 680 g/mol. The molecule has 34 heavy (non-hydrogen) atoms. The van der Waals surface area contributed by atoms with E-state index in [0.717, 1.165) is 0 Å². The predicted molar refractivity (Wildman–Crippen MR) is 108 cm³/mol. The molecule has 4 nitrogen and oxygen atoms in total. The van der Waals surface area contributed by atoms with Crippen molar-refractivity contribution in [3.63, 3.8) is 0 Å². The third-order valence-electron chi connectivity index (χ3n) is 3.25. The molecule has 0 saturated heterocycles. The second-order valence-corrected chi connectivity index (χ2v) is 6.08. The van der Waals surface area contributed by atoms with Gasteiger partial charge in [0.25, 0.3) is 0 Å². The molecular formula is C22H26F6O4Pd2. The molecule has 200 valence electrons. The Morgan fingerprint density at radius 2 is 0.824 bits per heavy atom. The van der Waals surface area contributed by atoms with Gasteiger partial charge in [-0.2, -0.15) is 26.3 Å². The second-order valence-electron chi connectivity index (χ2n) is 6.08. The number of carbonyl (C=O) groups is 2. The third kappa shape index (κ3) is 24.9. The molecule has 0 heterocycles. The Labute approximate surface area is 222 Å². The number of rotatable bonds is 4. The average molecular weight is 681 g/mol. The summed E-state index contributed by atoms with van der Waals surface area (Å²) in [5.74, 6) is -5.51. The van der Waals surface area contributed by atoms with Gasteiger partial charge in [-0.3, -0.25) is 0 Å². The van der Waals surface area contributed by atoms with Gasteiger partial charge in [0.15, 0.2) is 0 Å². The van der Waals surface area contributed by atoms with Gasteiger partial charge in [-0.25, -0.2) is 9.59 Å². The minimum absolute atomic E-state index is 0. The average Bonchev–Trinajstić information content (AvgIpc) is 2.70. The summed E-state index contributed by atoms with van der Waals surface area (Å²) in [5, 5.41) is 14.2. The van der Waals surface area contributed by atoms with Gasteiger partial charge in [-0.15, -0.1) is 0 Å². The van der Waals surface area contributed by atoms with Crippen molar-refractivity contribution in [2.45, 2.75) is 51.9 Å². The molecule has 0 bridgehead atoms. The molecule has 2 rings (SSSR count). The van der Waals surface area contributed by atoms with Gasteiger partial charge in [-0.1, -0.05) is 87.4 Å². The number of aliphatic carboxylic acids is 2. The second kappa shape index (κ2) is 21.8. The fourth-order valence-electron chi connectivity index (χ4n) is 1.87. The normalized spacial score (nSPS) is 9.65. The molecule has 2 N–H and O–H groups in total.